The zero-order valence-electron chi connectivity index (χ0n) is 19.8. The molecule has 2 aromatic carbocycles. The van der Waals surface area contributed by atoms with Gasteiger partial charge in [-0.25, -0.2) is 15.0 Å². The summed E-state index contributed by atoms with van der Waals surface area (Å²) in [4.78, 5) is 17.4. The van der Waals surface area contributed by atoms with Gasteiger partial charge in [-0.15, -0.1) is 0 Å². The number of thiazole rings is 1. The fraction of sp³-hybridized carbons (Fsp3) is 0.269. The van der Waals surface area contributed by atoms with Gasteiger partial charge < -0.3 is 25.0 Å². The van der Waals surface area contributed by atoms with E-state index in [1.807, 2.05) is 30.3 Å². The number of methoxy groups -OCH3 is 1. The number of anilines is 4. The average molecular weight is 489 g/mol. The van der Waals surface area contributed by atoms with E-state index in [1.165, 1.54) is 5.69 Å². The van der Waals surface area contributed by atoms with Crippen molar-refractivity contribution in [1.29, 1.82) is 0 Å². The molecule has 8 nitrogen and oxygen atoms in total. The number of ether oxygens (including phenoxy) is 2. The van der Waals surface area contributed by atoms with E-state index in [1.54, 1.807) is 24.6 Å². The van der Waals surface area contributed by atoms with Crippen LogP contribution in [-0.4, -0.2) is 54.9 Å². The molecule has 2 N–H and O–H groups in total. The Labute approximate surface area is 209 Å². The average Bonchev–Trinajstić information content (AvgIpc) is 3.34. The first-order valence-corrected chi connectivity index (χ1v) is 12.5. The lowest BCUT2D eigenvalue weighted by Crippen LogP contribution is -2.36. The van der Waals surface area contributed by atoms with E-state index in [0.29, 0.717) is 5.95 Å². The highest BCUT2D eigenvalue weighted by Crippen LogP contribution is 2.39. The summed E-state index contributed by atoms with van der Waals surface area (Å²) in [6.45, 7) is 6.22. The number of morpholine rings is 1. The molecule has 4 aromatic rings. The minimum Gasteiger partial charge on any atom is -0.497 e. The predicted molar refractivity (Wildman–Crippen MR) is 142 cm³/mol. The molecule has 1 saturated heterocycles. The molecule has 1 aliphatic heterocycles. The Morgan fingerprint density at radius 1 is 1.06 bits per heavy atom. The van der Waals surface area contributed by atoms with Crippen LogP contribution in [0.4, 0.5) is 22.5 Å². The number of hydrogen-bond donors (Lipinski definition) is 2. The van der Waals surface area contributed by atoms with Crippen molar-refractivity contribution in [3.05, 3.63) is 60.8 Å². The van der Waals surface area contributed by atoms with Crippen molar-refractivity contribution in [3.8, 4) is 27.6 Å². The first-order valence-electron chi connectivity index (χ1n) is 11.7. The van der Waals surface area contributed by atoms with Crippen LogP contribution in [0.15, 0.2) is 60.8 Å². The molecule has 0 radical (unpaired) electrons. The second-order valence-corrected chi connectivity index (χ2v) is 8.99. The highest BCUT2D eigenvalue weighted by Gasteiger charge is 2.17. The fourth-order valence-electron chi connectivity index (χ4n) is 3.94. The van der Waals surface area contributed by atoms with Crippen LogP contribution in [0, 0.1) is 0 Å². The standard InChI is InChI=1S/C26H28N6O2S/c1-3-27-26-31-23(18-5-4-6-21(17-18)33-2)24(35-26)22-11-12-28-25(30-22)29-19-7-9-20(10-8-19)32-13-15-34-16-14-32/h4-12,17H,3,13-16H2,1-2H3,(H,27,31)(H,28,29,30). The van der Waals surface area contributed by atoms with Crippen LogP contribution in [0.2, 0.25) is 0 Å². The van der Waals surface area contributed by atoms with Crippen molar-refractivity contribution in [3.63, 3.8) is 0 Å². The topological polar surface area (TPSA) is 84.4 Å². The van der Waals surface area contributed by atoms with Crippen molar-refractivity contribution in [2.24, 2.45) is 0 Å². The molecule has 35 heavy (non-hydrogen) atoms. The zero-order chi connectivity index (χ0) is 24.0. The highest BCUT2D eigenvalue weighted by atomic mass is 32.1. The van der Waals surface area contributed by atoms with E-state index in [4.69, 9.17) is 19.4 Å². The van der Waals surface area contributed by atoms with Crippen molar-refractivity contribution in [2.45, 2.75) is 6.92 Å². The predicted octanol–water partition coefficient (Wildman–Crippen LogP) is 5.29. The van der Waals surface area contributed by atoms with E-state index in [0.717, 1.165) is 71.2 Å². The molecule has 1 fully saturated rings. The molecule has 5 rings (SSSR count). The summed E-state index contributed by atoms with van der Waals surface area (Å²) >= 11 is 1.58. The van der Waals surface area contributed by atoms with E-state index in [9.17, 15) is 0 Å². The minimum absolute atomic E-state index is 0.539. The number of nitrogens with one attached hydrogen (secondary N) is 2. The molecule has 0 aliphatic carbocycles. The van der Waals surface area contributed by atoms with Crippen molar-refractivity contribution in [1.82, 2.24) is 15.0 Å². The van der Waals surface area contributed by atoms with Gasteiger partial charge in [-0.1, -0.05) is 23.5 Å². The summed E-state index contributed by atoms with van der Waals surface area (Å²) in [6.07, 6.45) is 1.77. The Morgan fingerprint density at radius 3 is 2.66 bits per heavy atom. The van der Waals surface area contributed by atoms with Gasteiger partial charge in [0.2, 0.25) is 5.95 Å². The molecular formula is C26H28N6O2S. The fourth-order valence-corrected chi connectivity index (χ4v) is 4.96. The van der Waals surface area contributed by atoms with Crippen molar-refractivity contribution in [2.75, 3.05) is 55.5 Å². The summed E-state index contributed by atoms with van der Waals surface area (Å²) in [5, 5.41) is 7.52. The lowest BCUT2D eigenvalue weighted by atomic mass is 10.1. The molecule has 0 bridgehead atoms. The van der Waals surface area contributed by atoms with Crippen LogP contribution in [0.1, 0.15) is 6.92 Å². The first kappa shape index (κ1) is 23.1. The molecule has 0 saturated carbocycles. The molecule has 0 amide bonds. The third-order valence-electron chi connectivity index (χ3n) is 5.69. The van der Waals surface area contributed by atoms with Gasteiger partial charge in [-0.2, -0.15) is 0 Å². The highest BCUT2D eigenvalue weighted by molar-refractivity contribution is 7.19. The van der Waals surface area contributed by atoms with E-state index in [-0.39, 0.29) is 0 Å². The monoisotopic (exact) mass is 488 g/mol. The van der Waals surface area contributed by atoms with Crippen molar-refractivity contribution < 1.29 is 9.47 Å². The quantitative estimate of drug-likeness (QED) is 0.346. The van der Waals surface area contributed by atoms with Gasteiger partial charge in [0, 0.05) is 42.8 Å². The van der Waals surface area contributed by atoms with Gasteiger partial charge in [0.25, 0.3) is 0 Å². The van der Waals surface area contributed by atoms with Crippen LogP contribution < -0.4 is 20.3 Å². The van der Waals surface area contributed by atoms with Crippen LogP contribution in [0.25, 0.3) is 21.8 Å². The lowest BCUT2D eigenvalue weighted by molar-refractivity contribution is 0.122. The second-order valence-electron chi connectivity index (χ2n) is 8.00. The molecule has 9 heteroatoms. The molecule has 0 spiro atoms. The third kappa shape index (κ3) is 5.36. The van der Waals surface area contributed by atoms with Crippen LogP contribution in [0.5, 0.6) is 5.75 Å². The molecule has 3 heterocycles. The largest absolute Gasteiger partial charge is 0.497 e. The van der Waals surface area contributed by atoms with Gasteiger partial charge in [-0.05, 0) is 49.4 Å². The minimum atomic E-state index is 0.539. The Morgan fingerprint density at radius 2 is 1.89 bits per heavy atom. The SMILES string of the molecule is CCNc1nc(-c2cccc(OC)c2)c(-c2ccnc(Nc3ccc(N4CCOCC4)cc3)n2)s1. The number of benzene rings is 2. The van der Waals surface area contributed by atoms with Crippen LogP contribution >= 0.6 is 11.3 Å². The molecule has 1 aliphatic rings. The van der Waals surface area contributed by atoms with Crippen LogP contribution in [-0.2, 0) is 4.74 Å². The number of aromatic nitrogens is 3. The molecule has 2 aromatic heterocycles. The van der Waals surface area contributed by atoms with Gasteiger partial charge in [-0.3, -0.25) is 0 Å². The summed E-state index contributed by atoms with van der Waals surface area (Å²) in [6, 6.07) is 18.2. The molecule has 0 unspecified atom stereocenters. The number of hydrogen-bond acceptors (Lipinski definition) is 9. The second kappa shape index (κ2) is 10.7. The molecule has 180 valence electrons. The zero-order valence-corrected chi connectivity index (χ0v) is 20.6. The van der Waals surface area contributed by atoms with E-state index < -0.39 is 0 Å². The first-order chi connectivity index (χ1) is 17.2. The summed E-state index contributed by atoms with van der Waals surface area (Å²) in [5.74, 6) is 1.33. The van der Waals surface area contributed by atoms with Gasteiger partial charge in [0.05, 0.1) is 36.6 Å². The Kier molecular flexibility index (Phi) is 7.06. The van der Waals surface area contributed by atoms with E-state index >= 15 is 0 Å². The Bertz CT molecular complexity index is 1270. The maximum atomic E-state index is 5.45. The van der Waals surface area contributed by atoms with Crippen molar-refractivity contribution >= 4 is 33.8 Å². The number of rotatable bonds is 8. The Hall–Kier alpha value is -3.69. The smallest absolute Gasteiger partial charge is 0.227 e. The lowest BCUT2D eigenvalue weighted by Gasteiger charge is -2.28. The third-order valence-corrected chi connectivity index (χ3v) is 6.72. The Balaban J connectivity index is 1.41. The summed E-state index contributed by atoms with van der Waals surface area (Å²) < 4.78 is 10.9. The molecule has 0 atom stereocenters. The maximum absolute atomic E-state index is 5.45. The summed E-state index contributed by atoms with van der Waals surface area (Å²) in [7, 11) is 1.67. The van der Waals surface area contributed by atoms with Gasteiger partial charge in [0.15, 0.2) is 5.13 Å². The van der Waals surface area contributed by atoms with Crippen LogP contribution in [0.3, 0.4) is 0 Å². The van der Waals surface area contributed by atoms with E-state index in [2.05, 4.69) is 51.7 Å². The molecular weight excluding hydrogens is 460 g/mol. The summed E-state index contributed by atoms with van der Waals surface area (Å²) in [5.41, 5.74) is 4.78. The van der Waals surface area contributed by atoms with Gasteiger partial charge in [0.1, 0.15) is 5.75 Å². The normalized spacial score (nSPS) is 13.5. The van der Waals surface area contributed by atoms with Gasteiger partial charge >= 0.3 is 0 Å². The number of nitrogens with zero attached hydrogens (tertiary/aromatic N) is 4. The maximum Gasteiger partial charge on any atom is 0.227 e.